The molecule has 2 aliphatic rings. The van der Waals surface area contributed by atoms with Crippen LogP contribution in [0.3, 0.4) is 0 Å². The summed E-state index contributed by atoms with van der Waals surface area (Å²) in [6.45, 7) is 0.385. The number of nitrogens with one attached hydrogen (secondary N) is 2. The van der Waals surface area contributed by atoms with E-state index in [4.69, 9.17) is 4.74 Å². The molecule has 1 saturated carbocycles. The van der Waals surface area contributed by atoms with Crippen LogP contribution in [0.2, 0.25) is 0 Å². The molecule has 0 unspecified atom stereocenters. The average Bonchev–Trinajstić information content (AvgIpc) is 3.03. The zero-order chi connectivity index (χ0) is 23.3. The maximum atomic E-state index is 14.2. The Hall–Kier alpha value is -2.60. The Morgan fingerprint density at radius 2 is 1.84 bits per heavy atom. The van der Waals surface area contributed by atoms with Crippen molar-refractivity contribution >= 4 is 28.2 Å². The second kappa shape index (κ2) is 8.07. The molecular formula is C20H16F6N2O3S. The SMILES string of the molecule is O=C(Nc1sc2c(c1C(=O)NC1CC(F)(F)C1)CCOC2)c1c(F)cccc1C(F)(F)F. The highest BCUT2D eigenvalue weighted by atomic mass is 32.1. The van der Waals surface area contributed by atoms with E-state index in [9.17, 15) is 35.9 Å². The van der Waals surface area contributed by atoms with Gasteiger partial charge in [0.25, 0.3) is 17.7 Å². The van der Waals surface area contributed by atoms with Gasteiger partial charge in [-0.25, -0.2) is 13.2 Å². The number of benzene rings is 1. The molecule has 32 heavy (non-hydrogen) atoms. The van der Waals surface area contributed by atoms with Crippen LogP contribution in [0.4, 0.5) is 31.3 Å². The highest BCUT2D eigenvalue weighted by Gasteiger charge is 2.46. The average molecular weight is 478 g/mol. The van der Waals surface area contributed by atoms with Crippen LogP contribution in [0.15, 0.2) is 18.2 Å². The molecule has 1 aliphatic carbocycles. The number of anilines is 1. The molecule has 0 atom stereocenters. The third kappa shape index (κ3) is 4.33. The quantitative estimate of drug-likeness (QED) is 0.623. The third-order valence-corrected chi connectivity index (χ3v) is 6.37. The second-order valence-electron chi connectivity index (χ2n) is 7.56. The van der Waals surface area contributed by atoms with Gasteiger partial charge in [-0.05, 0) is 24.1 Å². The first-order chi connectivity index (χ1) is 15.0. The van der Waals surface area contributed by atoms with Crippen molar-refractivity contribution in [1.29, 1.82) is 0 Å². The maximum Gasteiger partial charge on any atom is 0.417 e. The number of hydrogen-bond acceptors (Lipinski definition) is 4. The summed E-state index contributed by atoms with van der Waals surface area (Å²) in [5, 5.41) is 4.59. The lowest BCUT2D eigenvalue weighted by Crippen LogP contribution is -2.50. The van der Waals surface area contributed by atoms with Crippen LogP contribution in [0.25, 0.3) is 0 Å². The minimum atomic E-state index is -4.98. The summed E-state index contributed by atoms with van der Waals surface area (Å²) in [7, 11) is 0. The Morgan fingerprint density at radius 3 is 2.50 bits per heavy atom. The highest BCUT2D eigenvalue weighted by molar-refractivity contribution is 7.17. The Labute approximate surface area is 181 Å². The zero-order valence-corrected chi connectivity index (χ0v) is 17.1. The predicted molar refractivity (Wildman–Crippen MR) is 102 cm³/mol. The number of carbonyl (C=O) groups excluding carboxylic acids is 2. The molecule has 0 bridgehead atoms. The minimum absolute atomic E-state index is 0.0261. The van der Waals surface area contributed by atoms with Gasteiger partial charge in [0.2, 0.25) is 0 Å². The van der Waals surface area contributed by atoms with Gasteiger partial charge >= 0.3 is 6.18 Å². The standard InChI is InChI=1S/C20H16F6N2O3S/c21-12-3-1-2-11(20(24,25)26)15(12)17(30)28-18-14(10-4-5-31-8-13(10)32-18)16(29)27-9-6-19(22,23)7-9/h1-3,9H,4-8H2,(H,27,29)(H,28,30). The summed E-state index contributed by atoms with van der Waals surface area (Å²) in [5.41, 5.74) is -2.17. The van der Waals surface area contributed by atoms with Crippen LogP contribution >= 0.6 is 11.3 Å². The summed E-state index contributed by atoms with van der Waals surface area (Å²) in [6.07, 6.45) is -5.74. The van der Waals surface area contributed by atoms with Crippen LogP contribution in [0.1, 0.15) is 49.6 Å². The predicted octanol–water partition coefficient (Wildman–Crippen LogP) is 4.76. The summed E-state index contributed by atoms with van der Waals surface area (Å²) in [5.74, 6) is -6.34. The number of amides is 2. The Morgan fingerprint density at radius 1 is 1.12 bits per heavy atom. The Bertz CT molecular complexity index is 1070. The molecule has 1 aliphatic heterocycles. The highest BCUT2D eigenvalue weighted by Crippen LogP contribution is 2.40. The largest absolute Gasteiger partial charge is 0.417 e. The van der Waals surface area contributed by atoms with Crippen molar-refractivity contribution in [2.75, 3.05) is 11.9 Å². The minimum Gasteiger partial charge on any atom is -0.376 e. The van der Waals surface area contributed by atoms with Crippen LogP contribution in [0.5, 0.6) is 0 Å². The van der Waals surface area contributed by atoms with Gasteiger partial charge in [-0.3, -0.25) is 9.59 Å². The van der Waals surface area contributed by atoms with Gasteiger partial charge in [-0.15, -0.1) is 11.3 Å². The fraction of sp³-hybridized carbons (Fsp3) is 0.400. The van der Waals surface area contributed by atoms with E-state index in [-0.39, 0.29) is 23.8 Å². The van der Waals surface area contributed by atoms with Gasteiger partial charge in [-0.2, -0.15) is 13.2 Å². The molecule has 2 amide bonds. The van der Waals surface area contributed by atoms with E-state index in [1.165, 1.54) is 0 Å². The van der Waals surface area contributed by atoms with E-state index in [2.05, 4.69) is 10.6 Å². The number of alkyl halides is 5. The van der Waals surface area contributed by atoms with E-state index in [0.29, 0.717) is 22.9 Å². The number of hydrogen-bond donors (Lipinski definition) is 2. The van der Waals surface area contributed by atoms with Gasteiger partial charge in [0.15, 0.2) is 0 Å². The lowest BCUT2D eigenvalue weighted by atomic mass is 9.88. The van der Waals surface area contributed by atoms with E-state index >= 15 is 0 Å². The molecule has 12 heteroatoms. The van der Waals surface area contributed by atoms with Crippen LogP contribution in [-0.4, -0.2) is 30.4 Å². The van der Waals surface area contributed by atoms with E-state index in [1.54, 1.807) is 0 Å². The van der Waals surface area contributed by atoms with Crippen molar-refractivity contribution in [2.45, 2.75) is 44.0 Å². The molecule has 1 fully saturated rings. The van der Waals surface area contributed by atoms with Gasteiger partial charge < -0.3 is 15.4 Å². The van der Waals surface area contributed by atoms with E-state index in [0.717, 1.165) is 23.5 Å². The molecule has 0 radical (unpaired) electrons. The van der Waals surface area contributed by atoms with Gasteiger partial charge in [0.05, 0.1) is 29.9 Å². The summed E-state index contributed by atoms with van der Waals surface area (Å²) >= 11 is 0.915. The first-order valence-electron chi connectivity index (χ1n) is 9.54. The molecule has 2 N–H and O–H groups in total. The molecule has 2 heterocycles. The van der Waals surface area contributed by atoms with Gasteiger partial charge in [-0.1, -0.05) is 6.07 Å². The number of fused-ring (bicyclic) bond motifs is 1. The maximum absolute atomic E-state index is 14.2. The van der Waals surface area contributed by atoms with E-state index < -0.39 is 59.7 Å². The van der Waals surface area contributed by atoms with Crippen molar-refractivity contribution in [3.05, 3.63) is 51.1 Å². The van der Waals surface area contributed by atoms with Crippen molar-refractivity contribution in [3.8, 4) is 0 Å². The first kappa shape index (κ1) is 22.6. The van der Waals surface area contributed by atoms with E-state index in [1.807, 2.05) is 0 Å². The number of rotatable bonds is 4. The fourth-order valence-electron chi connectivity index (χ4n) is 3.74. The smallest absolute Gasteiger partial charge is 0.376 e. The summed E-state index contributed by atoms with van der Waals surface area (Å²) in [4.78, 5) is 26.1. The summed E-state index contributed by atoms with van der Waals surface area (Å²) in [6, 6.07) is 1.38. The Balaban J connectivity index is 1.66. The number of carbonyl (C=O) groups is 2. The summed E-state index contributed by atoms with van der Waals surface area (Å²) < 4.78 is 85.6. The topological polar surface area (TPSA) is 67.4 Å². The molecule has 0 spiro atoms. The Kier molecular flexibility index (Phi) is 5.70. The van der Waals surface area contributed by atoms with Crippen LogP contribution in [0, 0.1) is 5.82 Å². The van der Waals surface area contributed by atoms with Crippen molar-refractivity contribution in [3.63, 3.8) is 0 Å². The normalized spacial score (nSPS) is 17.9. The molecule has 2 aromatic rings. The zero-order valence-electron chi connectivity index (χ0n) is 16.2. The monoisotopic (exact) mass is 478 g/mol. The molecule has 1 aromatic heterocycles. The lowest BCUT2D eigenvalue weighted by molar-refractivity contribution is -0.138. The third-order valence-electron chi connectivity index (χ3n) is 5.25. The van der Waals surface area contributed by atoms with Crippen LogP contribution in [-0.2, 0) is 23.9 Å². The lowest BCUT2D eigenvalue weighted by Gasteiger charge is -2.35. The first-order valence-corrected chi connectivity index (χ1v) is 10.4. The van der Waals surface area contributed by atoms with Gasteiger partial charge in [0, 0.05) is 23.8 Å². The molecule has 4 rings (SSSR count). The second-order valence-corrected chi connectivity index (χ2v) is 8.66. The molecule has 172 valence electrons. The fourth-order valence-corrected chi connectivity index (χ4v) is 4.92. The van der Waals surface area contributed by atoms with Crippen molar-refractivity contribution in [2.24, 2.45) is 0 Å². The number of ether oxygens (including phenoxy) is 1. The molecular weight excluding hydrogens is 462 g/mol. The van der Waals surface area contributed by atoms with Crippen molar-refractivity contribution < 1.29 is 40.7 Å². The molecule has 5 nitrogen and oxygen atoms in total. The molecule has 1 aromatic carbocycles. The molecule has 0 saturated heterocycles. The van der Waals surface area contributed by atoms with Gasteiger partial charge in [0.1, 0.15) is 10.8 Å². The number of halogens is 6. The van der Waals surface area contributed by atoms with Crippen LogP contribution < -0.4 is 10.6 Å². The number of thiophene rings is 1. The van der Waals surface area contributed by atoms with Crippen molar-refractivity contribution in [1.82, 2.24) is 5.32 Å².